The van der Waals surface area contributed by atoms with E-state index in [1.54, 1.807) is 42.5 Å². The number of hydrogen-bond acceptors (Lipinski definition) is 3. The lowest BCUT2D eigenvalue weighted by molar-refractivity contribution is 0.0980. The third kappa shape index (κ3) is 2.20. The first-order valence-electron chi connectivity index (χ1n) is 8.59. The summed E-state index contributed by atoms with van der Waals surface area (Å²) in [5, 5.41) is 0.715. The molecule has 0 aliphatic heterocycles. The predicted molar refractivity (Wildman–Crippen MR) is 103 cm³/mol. The maximum atomic E-state index is 13.1. The van der Waals surface area contributed by atoms with E-state index in [1.807, 2.05) is 30.3 Å². The van der Waals surface area contributed by atoms with Crippen LogP contribution in [0.1, 0.15) is 31.8 Å². The van der Waals surface area contributed by atoms with Crippen molar-refractivity contribution in [1.29, 1.82) is 0 Å². The van der Waals surface area contributed by atoms with Gasteiger partial charge in [0.1, 0.15) is 0 Å². The Kier molecular flexibility index (Phi) is 3.21. The minimum Gasteiger partial charge on any atom is -0.321 e. The molecule has 0 spiro atoms. The van der Waals surface area contributed by atoms with E-state index in [0.29, 0.717) is 33.2 Å². The Hall–Kier alpha value is -3.79. The molecule has 0 saturated carbocycles. The number of H-pyrrole nitrogens is 1. The first-order chi connectivity index (χ1) is 13.1. The Morgan fingerprint density at radius 3 is 2.00 bits per heavy atom. The molecule has 4 aromatic rings. The van der Waals surface area contributed by atoms with Crippen LogP contribution in [-0.4, -0.2) is 16.6 Å². The Bertz CT molecular complexity index is 1320. The number of carbonyl (C=O) groups is 2. The normalized spacial score (nSPS) is 12.7. The molecule has 0 unspecified atom stereocenters. The lowest BCUT2D eigenvalue weighted by atomic mass is 9.83. The second kappa shape index (κ2) is 5.61. The van der Waals surface area contributed by atoms with Crippen molar-refractivity contribution in [1.82, 2.24) is 4.98 Å². The quantitative estimate of drug-likeness (QED) is 0.497. The fourth-order valence-electron chi connectivity index (χ4n) is 3.69. The first kappa shape index (κ1) is 15.5. The van der Waals surface area contributed by atoms with Gasteiger partial charge in [-0.2, -0.15) is 0 Å². The number of benzene rings is 3. The van der Waals surface area contributed by atoms with Gasteiger partial charge < -0.3 is 4.98 Å². The van der Waals surface area contributed by atoms with Gasteiger partial charge >= 0.3 is 0 Å². The lowest BCUT2D eigenvalue weighted by Gasteiger charge is -2.19. The maximum absolute atomic E-state index is 13.1. The topological polar surface area (TPSA) is 67.0 Å². The monoisotopic (exact) mass is 351 g/mol. The van der Waals surface area contributed by atoms with E-state index in [2.05, 4.69) is 4.98 Å². The molecule has 4 heteroatoms. The molecule has 1 aromatic heterocycles. The summed E-state index contributed by atoms with van der Waals surface area (Å²) < 4.78 is 0. The van der Waals surface area contributed by atoms with Crippen LogP contribution in [0, 0.1) is 0 Å². The SMILES string of the molecule is O=C1c2ccccc2C(=O)c2c1ccc1cc(-c3ccccc3)c(=O)[nH]c21. The molecule has 3 aromatic carbocycles. The molecule has 27 heavy (non-hydrogen) atoms. The summed E-state index contributed by atoms with van der Waals surface area (Å²) in [7, 11) is 0. The average molecular weight is 351 g/mol. The molecule has 0 atom stereocenters. The first-order valence-corrected chi connectivity index (χ1v) is 8.59. The van der Waals surface area contributed by atoms with Gasteiger partial charge in [0.15, 0.2) is 11.6 Å². The highest BCUT2D eigenvalue weighted by molar-refractivity contribution is 6.31. The molecule has 1 heterocycles. The number of hydrogen-bond donors (Lipinski definition) is 1. The van der Waals surface area contributed by atoms with Crippen LogP contribution < -0.4 is 5.56 Å². The van der Waals surface area contributed by atoms with Gasteiger partial charge in [-0.3, -0.25) is 14.4 Å². The molecule has 0 amide bonds. The number of rotatable bonds is 1. The Balaban J connectivity index is 1.81. The fraction of sp³-hybridized carbons (Fsp3) is 0. The summed E-state index contributed by atoms with van der Waals surface area (Å²) in [4.78, 5) is 41.4. The molecular weight excluding hydrogens is 338 g/mol. The minimum absolute atomic E-state index is 0.199. The number of carbonyl (C=O) groups excluding carboxylic acids is 2. The van der Waals surface area contributed by atoms with Crippen LogP contribution in [0.2, 0.25) is 0 Å². The van der Waals surface area contributed by atoms with Gasteiger partial charge in [-0.25, -0.2) is 0 Å². The zero-order valence-corrected chi connectivity index (χ0v) is 14.2. The molecule has 1 aliphatic rings. The maximum Gasteiger partial charge on any atom is 0.256 e. The van der Waals surface area contributed by atoms with E-state index in [9.17, 15) is 14.4 Å². The van der Waals surface area contributed by atoms with Crippen LogP contribution >= 0.6 is 0 Å². The van der Waals surface area contributed by atoms with Crippen molar-refractivity contribution in [2.24, 2.45) is 0 Å². The van der Waals surface area contributed by atoms with E-state index >= 15 is 0 Å². The molecule has 4 nitrogen and oxygen atoms in total. The van der Waals surface area contributed by atoms with Crippen LogP contribution in [-0.2, 0) is 0 Å². The van der Waals surface area contributed by atoms with Gasteiger partial charge in [-0.1, -0.05) is 60.7 Å². The van der Waals surface area contributed by atoms with E-state index < -0.39 is 0 Å². The summed E-state index contributed by atoms with van der Waals surface area (Å²) in [5.74, 6) is -0.441. The molecular formula is C23H13NO3. The fourth-order valence-corrected chi connectivity index (χ4v) is 3.69. The molecule has 0 bridgehead atoms. The standard InChI is InChI=1S/C23H13NO3/c25-21-15-8-4-5-9-16(15)22(26)19-17(21)11-10-14-12-18(23(27)24-20(14)19)13-6-2-1-3-7-13/h1-12H,(H,24,27). The van der Waals surface area contributed by atoms with Crippen molar-refractivity contribution in [3.63, 3.8) is 0 Å². The predicted octanol–water partition coefficient (Wildman–Crippen LogP) is 3.97. The van der Waals surface area contributed by atoms with Crippen LogP contribution in [0.15, 0.2) is 77.6 Å². The molecule has 0 radical (unpaired) electrons. The third-order valence-electron chi connectivity index (χ3n) is 4.99. The molecule has 128 valence electrons. The summed E-state index contributed by atoms with van der Waals surface area (Å²) in [6.45, 7) is 0. The van der Waals surface area contributed by atoms with E-state index in [0.717, 1.165) is 5.56 Å². The number of aromatic amines is 1. The molecule has 1 N–H and O–H groups in total. The second-order valence-electron chi connectivity index (χ2n) is 6.53. The Morgan fingerprint density at radius 2 is 1.26 bits per heavy atom. The van der Waals surface area contributed by atoms with Gasteiger partial charge in [-0.05, 0) is 23.1 Å². The highest BCUT2D eigenvalue weighted by Gasteiger charge is 2.31. The zero-order chi connectivity index (χ0) is 18.5. The highest BCUT2D eigenvalue weighted by atomic mass is 16.1. The van der Waals surface area contributed by atoms with E-state index in [1.165, 1.54) is 0 Å². The largest absolute Gasteiger partial charge is 0.321 e. The average Bonchev–Trinajstić information content (AvgIpc) is 2.71. The van der Waals surface area contributed by atoms with E-state index in [-0.39, 0.29) is 22.7 Å². The van der Waals surface area contributed by atoms with Gasteiger partial charge in [0.25, 0.3) is 5.56 Å². The van der Waals surface area contributed by atoms with Crippen molar-refractivity contribution < 1.29 is 9.59 Å². The summed E-state index contributed by atoms with van der Waals surface area (Å²) in [6.07, 6.45) is 0. The minimum atomic E-state index is -0.291. The summed E-state index contributed by atoms with van der Waals surface area (Å²) in [5.41, 5.74) is 2.81. The van der Waals surface area contributed by atoms with Gasteiger partial charge in [-0.15, -0.1) is 0 Å². The third-order valence-corrected chi connectivity index (χ3v) is 4.99. The number of nitrogens with one attached hydrogen (secondary N) is 1. The van der Waals surface area contributed by atoms with Gasteiger partial charge in [0, 0.05) is 22.3 Å². The molecule has 1 aliphatic carbocycles. The number of ketones is 2. The van der Waals surface area contributed by atoms with Crippen molar-refractivity contribution in [2.75, 3.05) is 0 Å². The van der Waals surface area contributed by atoms with Crippen molar-refractivity contribution >= 4 is 22.5 Å². The second-order valence-corrected chi connectivity index (χ2v) is 6.53. The Labute approximate surface area is 154 Å². The molecule has 0 fully saturated rings. The number of aromatic nitrogens is 1. The number of pyridine rings is 1. The zero-order valence-electron chi connectivity index (χ0n) is 14.2. The molecule has 0 saturated heterocycles. The van der Waals surface area contributed by atoms with Gasteiger partial charge in [0.05, 0.1) is 11.1 Å². The van der Waals surface area contributed by atoms with Crippen LogP contribution in [0.25, 0.3) is 22.0 Å². The van der Waals surface area contributed by atoms with Crippen molar-refractivity contribution in [3.8, 4) is 11.1 Å². The highest BCUT2D eigenvalue weighted by Crippen LogP contribution is 2.32. The van der Waals surface area contributed by atoms with Crippen LogP contribution in [0.5, 0.6) is 0 Å². The van der Waals surface area contributed by atoms with E-state index in [4.69, 9.17) is 0 Å². The van der Waals surface area contributed by atoms with Crippen molar-refractivity contribution in [3.05, 3.63) is 105 Å². The Morgan fingerprint density at radius 1 is 0.593 bits per heavy atom. The van der Waals surface area contributed by atoms with Crippen LogP contribution in [0.4, 0.5) is 0 Å². The summed E-state index contributed by atoms with van der Waals surface area (Å²) in [6, 6.07) is 21.3. The number of fused-ring (bicyclic) bond motifs is 4. The smallest absolute Gasteiger partial charge is 0.256 e. The lowest BCUT2D eigenvalue weighted by Crippen LogP contribution is -2.22. The molecule has 5 rings (SSSR count). The van der Waals surface area contributed by atoms with Crippen molar-refractivity contribution in [2.45, 2.75) is 0 Å². The summed E-state index contributed by atoms with van der Waals surface area (Å²) >= 11 is 0. The van der Waals surface area contributed by atoms with Gasteiger partial charge in [0.2, 0.25) is 0 Å². The van der Waals surface area contributed by atoms with Crippen LogP contribution in [0.3, 0.4) is 0 Å².